The molecule has 2 heteroatoms. The molecule has 0 bridgehead atoms. The Hall–Kier alpha value is -0.530. The summed E-state index contributed by atoms with van der Waals surface area (Å²) < 4.78 is 0. The minimum Gasteiger partial charge on any atom is -0.388 e. The first-order valence-electron chi connectivity index (χ1n) is 4.76. The van der Waals surface area contributed by atoms with E-state index in [4.69, 9.17) is 11.6 Å². The smallest absolute Gasteiger partial charge is 0.0838 e. The largest absolute Gasteiger partial charge is 0.388 e. The monoisotopic (exact) mass is 212 g/mol. The van der Waals surface area contributed by atoms with E-state index in [9.17, 15) is 5.11 Å². The highest BCUT2D eigenvalue weighted by Crippen LogP contribution is 2.33. The molecule has 1 aromatic carbocycles. The van der Waals surface area contributed by atoms with Crippen LogP contribution in [0.3, 0.4) is 0 Å². The van der Waals surface area contributed by atoms with Crippen LogP contribution in [0.15, 0.2) is 18.2 Å². The third-order valence-electron chi connectivity index (χ3n) is 2.32. The van der Waals surface area contributed by atoms with Gasteiger partial charge < -0.3 is 5.11 Å². The fourth-order valence-corrected chi connectivity index (χ4v) is 1.46. The Bertz CT molecular complexity index is 326. The topological polar surface area (TPSA) is 20.2 Å². The second kappa shape index (κ2) is 3.92. The maximum Gasteiger partial charge on any atom is 0.0838 e. The van der Waals surface area contributed by atoms with Gasteiger partial charge in [-0.1, -0.05) is 44.5 Å². The van der Waals surface area contributed by atoms with Gasteiger partial charge >= 0.3 is 0 Å². The highest BCUT2D eigenvalue weighted by molar-refractivity contribution is 6.31. The van der Waals surface area contributed by atoms with Gasteiger partial charge in [0, 0.05) is 5.02 Å². The quantitative estimate of drug-likeness (QED) is 0.752. The zero-order valence-corrected chi connectivity index (χ0v) is 9.89. The Labute approximate surface area is 90.7 Å². The highest BCUT2D eigenvalue weighted by atomic mass is 35.5. The van der Waals surface area contributed by atoms with Crippen LogP contribution in [0.5, 0.6) is 0 Å². The van der Waals surface area contributed by atoms with Gasteiger partial charge in [-0.25, -0.2) is 0 Å². The molecule has 1 atom stereocenters. The van der Waals surface area contributed by atoms with Crippen LogP contribution in [-0.2, 0) is 0 Å². The molecule has 14 heavy (non-hydrogen) atoms. The van der Waals surface area contributed by atoms with Crippen molar-refractivity contribution in [2.75, 3.05) is 0 Å². The predicted molar refractivity (Wildman–Crippen MR) is 60.6 cm³/mol. The van der Waals surface area contributed by atoms with Crippen LogP contribution in [0.25, 0.3) is 0 Å². The highest BCUT2D eigenvalue weighted by Gasteiger charge is 2.23. The Morgan fingerprint density at radius 1 is 1.29 bits per heavy atom. The summed E-state index contributed by atoms with van der Waals surface area (Å²) >= 11 is 5.92. The molecular formula is C12H17ClO. The summed E-state index contributed by atoms with van der Waals surface area (Å²) in [6.07, 6.45) is -0.446. The minimum absolute atomic E-state index is 0.139. The van der Waals surface area contributed by atoms with Gasteiger partial charge in [0.25, 0.3) is 0 Å². The van der Waals surface area contributed by atoms with Crippen molar-refractivity contribution in [2.24, 2.45) is 5.41 Å². The predicted octanol–water partition coefficient (Wildman–Crippen LogP) is 3.73. The molecule has 0 amide bonds. The lowest BCUT2D eigenvalue weighted by Gasteiger charge is -2.26. The molecular weight excluding hydrogens is 196 g/mol. The summed E-state index contributed by atoms with van der Waals surface area (Å²) in [4.78, 5) is 0. The third-order valence-corrected chi connectivity index (χ3v) is 2.74. The first-order valence-corrected chi connectivity index (χ1v) is 5.14. The normalized spacial score (nSPS) is 14.1. The molecule has 0 fully saturated rings. The number of halogens is 1. The molecule has 0 saturated heterocycles. The Morgan fingerprint density at radius 3 is 2.29 bits per heavy atom. The molecule has 0 aliphatic carbocycles. The Kier molecular flexibility index (Phi) is 3.23. The van der Waals surface area contributed by atoms with Crippen LogP contribution in [0, 0.1) is 12.3 Å². The maximum atomic E-state index is 10.0. The molecule has 1 rings (SSSR count). The van der Waals surface area contributed by atoms with Gasteiger partial charge in [0.2, 0.25) is 0 Å². The molecule has 0 radical (unpaired) electrons. The van der Waals surface area contributed by atoms with Crippen LogP contribution in [0.4, 0.5) is 0 Å². The first kappa shape index (κ1) is 11.5. The van der Waals surface area contributed by atoms with E-state index >= 15 is 0 Å². The summed E-state index contributed by atoms with van der Waals surface area (Å²) in [6.45, 7) is 7.99. The van der Waals surface area contributed by atoms with Crippen molar-refractivity contribution in [3.63, 3.8) is 0 Å². The van der Waals surface area contributed by atoms with Gasteiger partial charge in [0.05, 0.1) is 6.10 Å². The molecule has 0 aliphatic rings. The number of hydrogen-bond acceptors (Lipinski definition) is 1. The number of aliphatic hydroxyl groups is 1. The SMILES string of the molecule is Cc1cc(C(O)C(C)(C)C)ccc1Cl. The van der Waals surface area contributed by atoms with Crippen molar-refractivity contribution in [2.45, 2.75) is 33.8 Å². The first-order chi connectivity index (χ1) is 6.32. The van der Waals surface area contributed by atoms with Crippen LogP contribution >= 0.6 is 11.6 Å². The molecule has 78 valence electrons. The number of benzene rings is 1. The van der Waals surface area contributed by atoms with Gasteiger partial charge in [-0.3, -0.25) is 0 Å². The van der Waals surface area contributed by atoms with Crippen molar-refractivity contribution in [3.05, 3.63) is 34.3 Å². The molecule has 1 unspecified atom stereocenters. The molecule has 0 heterocycles. The number of rotatable bonds is 1. The summed E-state index contributed by atoms with van der Waals surface area (Å²) in [5, 5.41) is 10.8. The number of aryl methyl sites for hydroxylation is 1. The Balaban J connectivity index is 3.03. The Morgan fingerprint density at radius 2 is 1.86 bits per heavy atom. The third kappa shape index (κ3) is 2.49. The lowest BCUT2D eigenvalue weighted by molar-refractivity contribution is 0.0626. The van der Waals surface area contributed by atoms with Crippen molar-refractivity contribution in [1.29, 1.82) is 0 Å². The van der Waals surface area contributed by atoms with Crippen molar-refractivity contribution >= 4 is 11.6 Å². The second-order valence-electron chi connectivity index (χ2n) is 4.78. The molecule has 0 saturated carbocycles. The number of hydrogen-bond donors (Lipinski definition) is 1. The number of aliphatic hydroxyl groups excluding tert-OH is 1. The van der Waals surface area contributed by atoms with Crippen LogP contribution < -0.4 is 0 Å². The average Bonchev–Trinajstić information content (AvgIpc) is 2.07. The van der Waals surface area contributed by atoms with Gasteiger partial charge in [0.15, 0.2) is 0 Å². The lowest BCUT2D eigenvalue weighted by Crippen LogP contribution is -2.17. The van der Waals surface area contributed by atoms with Crippen molar-refractivity contribution in [1.82, 2.24) is 0 Å². The van der Waals surface area contributed by atoms with E-state index in [0.717, 1.165) is 16.1 Å². The van der Waals surface area contributed by atoms with E-state index in [-0.39, 0.29) is 5.41 Å². The molecule has 0 aromatic heterocycles. The van der Waals surface area contributed by atoms with E-state index in [1.807, 2.05) is 45.9 Å². The van der Waals surface area contributed by atoms with Gasteiger partial charge in [-0.15, -0.1) is 0 Å². The van der Waals surface area contributed by atoms with Gasteiger partial charge in [-0.05, 0) is 29.5 Å². The molecule has 1 aromatic rings. The zero-order valence-electron chi connectivity index (χ0n) is 9.13. The standard InChI is InChI=1S/C12H17ClO/c1-8-7-9(5-6-10(8)13)11(14)12(2,3)4/h5-7,11,14H,1-4H3. The van der Waals surface area contributed by atoms with E-state index < -0.39 is 6.10 Å². The van der Waals surface area contributed by atoms with Crippen LogP contribution in [0.1, 0.15) is 38.0 Å². The summed E-state index contributed by atoms with van der Waals surface area (Å²) in [6, 6.07) is 5.66. The molecule has 0 spiro atoms. The summed E-state index contributed by atoms with van der Waals surface area (Å²) in [5.41, 5.74) is 1.80. The molecule has 0 aliphatic heterocycles. The van der Waals surface area contributed by atoms with E-state index in [1.54, 1.807) is 0 Å². The molecule has 1 nitrogen and oxygen atoms in total. The van der Waals surface area contributed by atoms with Crippen LogP contribution in [-0.4, -0.2) is 5.11 Å². The fourth-order valence-electron chi connectivity index (χ4n) is 1.34. The van der Waals surface area contributed by atoms with E-state index in [2.05, 4.69) is 0 Å². The minimum atomic E-state index is -0.446. The fraction of sp³-hybridized carbons (Fsp3) is 0.500. The second-order valence-corrected chi connectivity index (χ2v) is 5.18. The van der Waals surface area contributed by atoms with Crippen molar-refractivity contribution in [3.8, 4) is 0 Å². The maximum absolute atomic E-state index is 10.0. The van der Waals surface area contributed by atoms with Crippen LogP contribution in [0.2, 0.25) is 5.02 Å². The van der Waals surface area contributed by atoms with E-state index in [1.165, 1.54) is 0 Å². The average molecular weight is 213 g/mol. The van der Waals surface area contributed by atoms with E-state index in [0.29, 0.717) is 0 Å². The summed E-state index contributed by atoms with van der Waals surface area (Å²) in [5.74, 6) is 0. The van der Waals surface area contributed by atoms with Gasteiger partial charge in [-0.2, -0.15) is 0 Å². The molecule has 1 N–H and O–H groups in total. The zero-order chi connectivity index (χ0) is 10.9. The summed E-state index contributed by atoms with van der Waals surface area (Å²) in [7, 11) is 0. The van der Waals surface area contributed by atoms with Gasteiger partial charge in [0.1, 0.15) is 0 Å². The van der Waals surface area contributed by atoms with Crippen molar-refractivity contribution < 1.29 is 5.11 Å². The lowest BCUT2D eigenvalue weighted by atomic mass is 9.84.